The van der Waals surface area contributed by atoms with Gasteiger partial charge >= 0.3 is 60.4 Å². The lowest BCUT2D eigenvalue weighted by molar-refractivity contribution is -0.890. The molecule has 0 rings (SSSR count). The summed E-state index contributed by atoms with van der Waals surface area (Å²) < 4.78 is 156. The summed E-state index contributed by atoms with van der Waals surface area (Å²) in [5.74, 6) is -6.31. The Morgan fingerprint density at radius 3 is 1.11 bits per heavy atom. The molecule has 0 aliphatic rings. The van der Waals surface area contributed by atoms with E-state index >= 15 is 0 Å². The number of carbonyl (C=O) groups is 6. The van der Waals surface area contributed by atoms with Gasteiger partial charge < -0.3 is 37.4 Å². The van der Waals surface area contributed by atoms with Gasteiger partial charge in [0, 0.05) is 0 Å². The molecule has 0 radical (unpaired) electrons. The van der Waals surface area contributed by atoms with Crippen molar-refractivity contribution in [2.75, 3.05) is 94.2 Å². The van der Waals surface area contributed by atoms with Crippen LogP contribution in [0.5, 0.6) is 0 Å². The Balaban J connectivity index is 6.20. The fraction of sp³-hybridized carbons (Fsp3) is 0.885. The van der Waals surface area contributed by atoms with Gasteiger partial charge in [-0.2, -0.15) is 26.3 Å². The van der Waals surface area contributed by atoms with E-state index < -0.39 is 123 Å². The smallest absolute Gasteiger partial charge is 0.465 e. The largest absolute Gasteiger partial charge is 0.493 e. The summed E-state index contributed by atoms with van der Waals surface area (Å²) in [7, 11) is 7.61. The molecule has 0 amide bonds. The molecular formula is C52H88Br2F8N2O15+2. The normalized spacial score (nSPS) is 16.3. The lowest BCUT2D eigenvalue weighted by Crippen LogP contribution is -2.53. The first-order valence-corrected chi connectivity index (χ1v) is 27.8. The quantitative estimate of drug-likeness (QED) is 0.0107. The number of halogens is 10. The highest BCUT2D eigenvalue weighted by Crippen LogP contribution is 2.48. The van der Waals surface area contributed by atoms with Crippen LogP contribution in [-0.2, 0) is 71.4 Å². The molecule has 0 aliphatic heterocycles. The summed E-state index contributed by atoms with van der Waals surface area (Å²) in [4.78, 5) is 80.5. The monoisotopic (exact) mass is 1290 g/mol. The highest BCUT2D eigenvalue weighted by molar-refractivity contribution is 9.10. The van der Waals surface area contributed by atoms with Crippen molar-refractivity contribution in [2.24, 2.45) is 21.7 Å². The Labute approximate surface area is 477 Å². The molecule has 0 fully saturated rings. The van der Waals surface area contributed by atoms with Gasteiger partial charge in [0.2, 0.25) is 6.79 Å². The Bertz CT molecular complexity index is 2000. The maximum Gasteiger partial charge on any atom is 0.493 e. The summed E-state index contributed by atoms with van der Waals surface area (Å²) in [6.07, 6.45) is -22.3. The number of hydrogen-bond acceptors (Lipinski definition) is 15. The van der Waals surface area contributed by atoms with Crippen molar-refractivity contribution in [1.29, 1.82) is 0 Å². The van der Waals surface area contributed by atoms with Gasteiger partial charge in [-0.15, -0.1) is 8.78 Å². The molecule has 0 saturated carbocycles. The van der Waals surface area contributed by atoms with Gasteiger partial charge in [0.1, 0.15) is 35.0 Å². The Hall–Kier alpha value is -2.98. The summed E-state index contributed by atoms with van der Waals surface area (Å²) in [5, 5.41) is 0. The second-order valence-electron chi connectivity index (χ2n) is 23.6. The van der Waals surface area contributed by atoms with Crippen LogP contribution in [0.15, 0.2) is 0 Å². The van der Waals surface area contributed by atoms with Gasteiger partial charge in [-0.25, -0.2) is 9.47 Å². The molecular weight excluding hydrogens is 1200 g/mol. The van der Waals surface area contributed by atoms with Crippen LogP contribution >= 0.6 is 31.9 Å². The topological polar surface area (TPSA) is 185 Å². The molecule has 0 aromatic heterocycles. The van der Waals surface area contributed by atoms with E-state index in [0.717, 1.165) is 39.8 Å². The number of rotatable bonds is 40. The fourth-order valence-corrected chi connectivity index (χ4v) is 10.3. The number of unbranched alkanes of at least 4 members (excludes halogenated alkanes) is 2. The number of esters is 6. The molecule has 27 heteroatoms. The van der Waals surface area contributed by atoms with E-state index in [1.165, 1.54) is 41.5 Å². The van der Waals surface area contributed by atoms with Crippen LogP contribution in [0.1, 0.15) is 147 Å². The van der Waals surface area contributed by atoms with E-state index in [2.05, 4.69) is 50.8 Å². The predicted octanol–water partition coefficient (Wildman–Crippen LogP) is 11.1. The number of alkyl halides is 10. The highest BCUT2D eigenvalue weighted by atomic mass is 79.9. The Morgan fingerprint density at radius 2 is 0.759 bits per heavy atom. The van der Waals surface area contributed by atoms with E-state index in [1.54, 1.807) is 0 Å². The number of nitrogens with zero attached hydrogens (tertiary/aromatic N) is 2. The molecule has 17 nitrogen and oxygen atoms in total. The lowest BCUT2D eigenvalue weighted by Gasteiger charge is -2.38. The minimum atomic E-state index is -6.63. The molecule has 0 aliphatic carbocycles. The molecule has 0 heterocycles. The molecule has 0 bridgehead atoms. The molecule has 0 spiro atoms. The zero-order chi connectivity index (χ0) is 62.0. The van der Waals surface area contributed by atoms with Crippen molar-refractivity contribution in [3.8, 4) is 0 Å². The number of carbonyl (C=O) groups excluding carboxylic acids is 6. The average molecular weight is 1290 g/mol. The standard InChI is InChI=1S/C52H88Br2F8N2O15/c1-17-21-27-71-41(69)47(11,53)33-45(9,39(67)73-29-25-63(13,14)23-19-3)31-43(5,6)37(65)75-35-49(55,56)78-50(57,58)51(59,60)79-52(61,62)77-36-76-38(66)44(7,8)32-46(10,34-48(12,54)42(70)72-28-22-18-2)40(68)74-30-26-64(15,16)24-20-4/h17-36H2,1-16H3/q+2. The van der Waals surface area contributed by atoms with Crippen molar-refractivity contribution in [3.05, 3.63) is 0 Å². The van der Waals surface area contributed by atoms with Gasteiger partial charge in [0.25, 0.3) is 0 Å². The van der Waals surface area contributed by atoms with E-state index in [0.29, 0.717) is 47.7 Å². The summed E-state index contributed by atoms with van der Waals surface area (Å²) in [5.41, 5.74) is -7.33. The lowest BCUT2D eigenvalue weighted by atomic mass is 9.69. The second kappa shape index (κ2) is 30.5. The first-order valence-electron chi connectivity index (χ1n) is 26.2. The summed E-state index contributed by atoms with van der Waals surface area (Å²) >= 11 is 6.61. The Kier molecular flexibility index (Phi) is 29.4. The number of likely N-dealkylation sites (N-methyl/N-ethyl adjacent to an activating group) is 2. The van der Waals surface area contributed by atoms with Crippen LogP contribution in [0.4, 0.5) is 35.1 Å². The molecule has 0 aromatic rings. The highest BCUT2D eigenvalue weighted by Gasteiger charge is 2.68. The third-order valence-corrected chi connectivity index (χ3v) is 13.9. The van der Waals surface area contributed by atoms with Crippen molar-refractivity contribution < 1.29 is 115 Å². The van der Waals surface area contributed by atoms with Gasteiger partial charge in [-0.3, -0.25) is 33.5 Å². The summed E-state index contributed by atoms with van der Waals surface area (Å²) in [6.45, 7) is 15.5. The maximum absolute atomic E-state index is 14.9. The molecule has 0 N–H and O–H groups in total. The zero-order valence-corrected chi connectivity index (χ0v) is 52.1. The van der Waals surface area contributed by atoms with Gasteiger partial charge in [-0.05, 0) is 107 Å². The molecule has 0 saturated heterocycles. The van der Waals surface area contributed by atoms with Gasteiger partial charge in [0.15, 0.2) is 6.61 Å². The zero-order valence-electron chi connectivity index (χ0n) is 48.9. The van der Waals surface area contributed by atoms with E-state index in [1.807, 2.05) is 55.9 Å². The molecule has 4 atom stereocenters. The average Bonchev–Trinajstić information content (AvgIpc) is 3.26. The van der Waals surface area contributed by atoms with E-state index in [-0.39, 0.29) is 32.8 Å². The van der Waals surface area contributed by atoms with Crippen LogP contribution in [0.25, 0.3) is 0 Å². The van der Waals surface area contributed by atoms with Crippen molar-refractivity contribution in [3.63, 3.8) is 0 Å². The Morgan fingerprint density at radius 1 is 0.418 bits per heavy atom. The molecule has 464 valence electrons. The molecule has 4 unspecified atom stereocenters. The third kappa shape index (κ3) is 26.4. The first-order chi connectivity index (χ1) is 35.6. The van der Waals surface area contributed by atoms with Crippen LogP contribution in [0, 0.1) is 21.7 Å². The van der Waals surface area contributed by atoms with Crippen molar-refractivity contribution in [2.45, 2.75) is 181 Å². The minimum absolute atomic E-state index is 0.0431. The van der Waals surface area contributed by atoms with Gasteiger partial charge in [-0.1, -0.05) is 72.4 Å². The van der Waals surface area contributed by atoms with E-state index in [4.69, 9.17) is 23.7 Å². The number of ether oxygens (including phenoxy) is 9. The summed E-state index contributed by atoms with van der Waals surface area (Å²) in [6, 6.07) is 0. The molecule has 0 aromatic carbocycles. The molecule has 79 heavy (non-hydrogen) atoms. The fourth-order valence-electron chi connectivity index (χ4n) is 8.80. The van der Waals surface area contributed by atoms with Crippen molar-refractivity contribution in [1.82, 2.24) is 0 Å². The van der Waals surface area contributed by atoms with Crippen LogP contribution in [-0.4, -0.2) is 172 Å². The van der Waals surface area contributed by atoms with E-state index in [9.17, 15) is 63.9 Å². The predicted molar refractivity (Wildman–Crippen MR) is 280 cm³/mol. The third-order valence-electron chi connectivity index (χ3n) is 12.7. The van der Waals surface area contributed by atoms with Gasteiger partial charge in [0.05, 0.1) is 76.2 Å². The van der Waals surface area contributed by atoms with Crippen LogP contribution < -0.4 is 0 Å². The number of quaternary nitrogens is 2. The number of hydrogen-bond donors (Lipinski definition) is 0. The maximum atomic E-state index is 14.9. The van der Waals surface area contributed by atoms with Crippen LogP contribution in [0.3, 0.4) is 0 Å². The van der Waals surface area contributed by atoms with Crippen molar-refractivity contribution >= 4 is 67.7 Å². The second-order valence-corrected chi connectivity index (χ2v) is 27.1. The van der Waals surface area contributed by atoms with Crippen LogP contribution in [0.2, 0.25) is 0 Å². The minimum Gasteiger partial charge on any atom is -0.465 e. The SMILES string of the molecule is CCCCOC(=O)C(C)(Br)CC(C)(CC(C)(C)C(=O)OCOC(F)(F)OC(F)(F)C(F)(F)OC(F)(F)COC(=O)C(C)(C)CC(C)(CC(C)(Br)C(=O)OCCCC)C(=O)OCC[N+](C)(C)CCC)C(=O)OCC[N+](C)(C)CCC. The first kappa shape index (κ1) is 76.0.